The molecule has 7 heteroatoms. The number of aryl methyl sites for hydroxylation is 1. The van der Waals surface area contributed by atoms with E-state index in [2.05, 4.69) is 42.5 Å². The standard InChI is InChI=1S/C26H34N4O2Si/c1-26(2,3)24(31)20-16-30(17-32-12-13-33(5,6)7)25-23(20)28-21(14-27-25)19-15-29(4)22-11-9-8-10-18(19)22/h8-11,14-16H,12-13,17H2,1-7H3. The molecule has 0 spiro atoms. The largest absolute Gasteiger partial charge is 0.361 e. The number of ketones is 1. The highest BCUT2D eigenvalue weighted by Crippen LogP contribution is 2.32. The van der Waals surface area contributed by atoms with E-state index in [1.165, 1.54) is 0 Å². The van der Waals surface area contributed by atoms with Crippen molar-refractivity contribution in [2.45, 2.75) is 53.2 Å². The molecule has 0 aliphatic heterocycles. The van der Waals surface area contributed by atoms with Crippen LogP contribution in [-0.2, 0) is 18.5 Å². The quantitative estimate of drug-likeness (QED) is 0.188. The van der Waals surface area contributed by atoms with Gasteiger partial charge in [-0.05, 0) is 12.1 Å². The van der Waals surface area contributed by atoms with Crippen molar-refractivity contribution in [3.8, 4) is 11.3 Å². The van der Waals surface area contributed by atoms with E-state index in [9.17, 15) is 4.79 Å². The molecule has 6 nitrogen and oxygen atoms in total. The molecule has 0 radical (unpaired) electrons. The third kappa shape index (κ3) is 4.79. The molecular weight excluding hydrogens is 428 g/mol. The van der Waals surface area contributed by atoms with E-state index in [0.717, 1.165) is 28.2 Å². The third-order valence-electron chi connectivity index (χ3n) is 5.89. The molecule has 174 valence electrons. The van der Waals surface area contributed by atoms with Crippen molar-refractivity contribution >= 4 is 35.9 Å². The predicted octanol–water partition coefficient (Wildman–Crippen LogP) is 6.13. The Hall–Kier alpha value is -2.77. The topological polar surface area (TPSA) is 61.9 Å². The van der Waals surface area contributed by atoms with Crippen LogP contribution in [0.1, 0.15) is 31.1 Å². The Morgan fingerprint density at radius 1 is 1.12 bits per heavy atom. The Bertz CT molecular complexity index is 1320. The first-order chi connectivity index (χ1) is 15.5. The number of rotatable bonds is 7. The average Bonchev–Trinajstić information content (AvgIpc) is 3.27. The van der Waals surface area contributed by atoms with Gasteiger partial charge in [0.2, 0.25) is 0 Å². The zero-order valence-electron chi connectivity index (χ0n) is 20.8. The molecular formula is C26H34N4O2Si. The Morgan fingerprint density at radius 3 is 2.55 bits per heavy atom. The highest BCUT2D eigenvalue weighted by atomic mass is 28.3. The molecule has 0 saturated heterocycles. The number of carbonyl (C=O) groups excluding carboxylic acids is 1. The fourth-order valence-corrected chi connectivity index (χ4v) is 4.69. The minimum Gasteiger partial charge on any atom is -0.361 e. The van der Waals surface area contributed by atoms with Gasteiger partial charge in [0.05, 0.1) is 17.5 Å². The van der Waals surface area contributed by atoms with Gasteiger partial charge in [-0.15, -0.1) is 0 Å². The highest BCUT2D eigenvalue weighted by Gasteiger charge is 2.28. The zero-order valence-corrected chi connectivity index (χ0v) is 21.8. The smallest absolute Gasteiger partial charge is 0.171 e. The fraction of sp³-hybridized carbons (Fsp3) is 0.423. The second-order valence-corrected chi connectivity index (χ2v) is 16.7. The van der Waals surface area contributed by atoms with Crippen molar-refractivity contribution in [2.24, 2.45) is 12.5 Å². The van der Waals surface area contributed by atoms with Gasteiger partial charge in [0.15, 0.2) is 11.4 Å². The van der Waals surface area contributed by atoms with Crippen LogP contribution in [0.25, 0.3) is 33.3 Å². The predicted molar refractivity (Wildman–Crippen MR) is 137 cm³/mol. The van der Waals surface area contributed by atoms with Gasteiger partial charge in [-0.2, -0.15) is 0 Å². The van der Waals surface area contributed by atoms with Crippen LogP contribution in [0.15, 0.2) is 42.9 Å². The van der Waals surface area contributed by atoms with Gasteiger partial charge in [-0.25, -0.2) is 9.97 Å². The van der Waals surface area contributed by atoms with Crippen molar-refractivity contribution in [3.05, 3.63) is 48.4 Å². The van der Waals surface area contributed by atoms with Crippen molar-refractivity contribution in [1.29, 1.82) is 0 Å². The second kappa shape index (κ2) is 8.54. The number of Topliss-reactive ketones (excluding diaryl/α,β-unsaturated/α-hetero) is 1. The van der Waals surface area contributed by atoms with E-state index >= 15 is 0 Å². The third-order valence-corrected chi connectivity index (χ3v) is 7.59. The van der Waals surface area contributed by atoms with Crippen molar-refractivity contribution in [1.82, 2.24) is 19.1 Å². The summed E-state index contributed by atoms with van der Waals surface area (Å²) >= 11 is 0. The molecule has 33 heavy (non-hydrogen) atoms. The summed E-state index contributed by atoms with van der Waals surface area (Å²) < 4.78 is 9.98. The molecule has 0 saturated carbocycles. The normalized spacial score (nSPS) is 12.7. The minimum atomic E-state index is -1.17. The van der Waals surface area contributed by atoms with E-state index in [0.29, 0.717) is 30.1 Å². The molecule has 0 N–H and O–H groups in total. The lowest BCUT2D eigenvalue weighted by molar-refractivity contribution is 0.0849. The second-order valence-electron chi connectivity index (χ2n) is 11.0. The Balaban J connectivity index is 1.78. The van der Waals surface area contributed by atoms with Crippen LogP contribution in [0.2, 0.25) is 25.7 Å². The van der Waals surface area contributed by atoms with Crippen LogP contribution >= 0.6 is 0 Å². The number of nitrogens with zero attached hydrogens (tertiary/aromatic N) is 4. The van der Waals surface area contributed by atoms with Crippen LogP contribution in [-0.4, -0.2) is 39.6 Å². The summed E-state index contributed by atoms with van der Waals surface area (Å²) in [6.45, 7) is 13.9. The first-order valence-corrected chi connectivity index (χ1v) is 15.2. The molecule has 1 aromatic carbocycles. The SMILES string of the molecule is Cn1cc(-c2cnc3c(n2)c(C(=O)C(C)(C)C)cn3COCC[Si](C)(C)C)c2ccccc21. The fourth-order valence-electron chi connectivity index (χ4n) is 3.94. The van der Waals surface area contributed by atoms with E-state index in [4.69, 9.17) is 14.7 Å². The number of aromatic nitrogens is 4. The molecule has 4 aromatic rings. The Kier molecular flexibility index (Phi) is 6.05. The van der Waals surface area contributed by atoms with Gasteiger partial charge in [-0.3, -0.25) is 4.79 Å². The highest BCUT2D eigenvalue weighted by molar-refractivity contribution is 6.76. The number of ether oxygens (including phenoxy) is 1. The molecule has 0 amide bonds. The number of hydrogen-bond donors (Lipinski definition) is 0. The molecule has 3 aromatic heterocycles. The van der Waals surface area contributed by atoms with Crippen LogP contribution in [0.3, 0.4) is 0 Å². The summed E-state index contributed by atoms with van der Waals surface area (Å²) in [6.07, 6.45) is 5.73. The molecule has 0 bridgehead atoms. The number of benzene rings is 1. The Labute approximate surface area is 196 Å². The maximum Gasteiger partial charge on any atom is 0.171 e. The maximum atomic E-state index is 13.3. The molecule has 0 fully saturated rings. The molecule has 0 aliphatic rings. The van der Waals surface area contributed by atoms with Crippen molar-refractivity contribution < 1.29 is 9.53 Å². The van der Waals surface area contributed by atoms with Gasteiger partial charge in [-0.1, -0.05) is 58.6 Å². The zero-order chi connectivity index (χ0) is 24.0. The number of carbonyl (C=O) groups is 1. The maximum absolute atomic E-state index is 13.3. The summed E-state index contributed by atoms with van der Waals surface area (Å²) in [7, 11) is 0.858. The summed E-state index contributed by atoms with van der Waals surface area (Å²) in [5.41, 5.74) is 4.30. The van der Waals surface area contributed by atoms with Gasteiger partial charge >= 0.3 is 0 Å². The first kappa shape index (κ1) is 23.4. The molecule has 0 unspecified atom stereocenters. The van der Waals surface area contributed by atoms with Gasteiger partial charge in [0, 0.05) is 56.0 Å². The van der Waals surface area contributed by atoms with Gasteiger partial charge < -0.3 is 13.9 Å². The van der Waals surface area contributed by atoms with Crippen molar-refractivity contribution in [2.75, 3.05) is 6.61 Å². The van der Waals surface area contributed by atoms with E-state index < -0.39 is 13.5 Å². The van der Waals surface area contributed by atoms with E-state index in [1.54, 1.807) is 6.20 Å². The molecule has 3 heterocycles. The van der Waals surface area contributed by atoms with Crippen molar-refractivity contribution in [3.63, 3.8) is 0 Å². The van der Waals surface area contributed by atoms with E-state index in [-0.39, 0.29) is 5.78 Å². The molecule has 0 aliphatic carbocycles. The molecule has 0 atom stereocenters. The van der Waals surface area contributed by atoms with E-state index in [1.807, 2.05) is 50.7 Å². The lowest BCUT2D eigenvalue weighted by Crippen LogP contribution is -2.22. The summed E-state index contributed by atoms with van der Waals surface area (Å²) in [6, 6.07) is 9.34. The lowest BCUT2D eigenvalue weighted by atomic mass is 9.87. The van der Waals surface area contributed by atoms with Gasteiger partial charge in [0.1, 0.15) is 12.2 Å². The van der Waals surface area contributed by atoms with Crippen LogP contribution in [0.4, 0.5) is 0 Å². The first-order valence-electron chi connectivity index (χ1n) is 11.5. The number of fused-ring (bicyclic) bond motifs is 2. The molecule has 4 rings (SSSR count). The summed E-state index contributed by atoms with van der Waals surface area (Å²) in [4.78, 5) is 23.0. The monoisotopic (exact) mass is 462 g/mol. The number of hydrogen-bond acceptors (Lipinski definition) is 4. The minimum absolute atomic E-state index is 0.0534. The Morgan fingerprint density at radius 2 is 1.85 bits per heavy atom. The average molecular weight is 463 g/mol. The van der Waals surface area contributed by atoms with Crippen LogP contribution in [0, 0.1) is 5.41 Å². The number of para-hydroxylation sites is 1. The van der Waals surface area contributed by atoms with Crippen LogP contribution in [0.5, 0.6) is 0 Å². The lowest BCUT2D eigenvalue weighted by Gasteiger charge is -2.16. The summed E-state index contributed by atoms with van der Waals surface area (Å²) in [5, 5.41) is 1.12. The summed E-state index contributed by atoms with van der Waals surface area (Å²) in [5.74, 6) is 0.0534. The van der Waals surface area contributed by atoms with Crippen LogP contribution < -0.4 is 0 Å². The van der Waals surface area contributed by atoms with Gasteiger partial charge in [0.25, 0.3) is 0 Å².